The van der Waals surface area contributed by atoms with E-state index < -0.39 is 12.1 Å². The van der Waals surface area contributed by atoms with Crippen LogP contribution in [0.4, 0.5) is 4.79 Å². The molecule has 3 unspecified atom stereocenters. The van der Waals surface area contributed by atoms with Crippen LogP contribution in [0.5, 0.6) is 0 Å². The Balaban J connectivity index is 1.80. The molecule has 3 amide bonds. The van der Waals surface area contributed by atoms with Gasteiger partial charge in [0, 0.05) is 32.1 Å². The Morgan fingerprint density at radius 1 is 1.20 bits per heavy atom. The van der Waals surface area contributed by atoms with Crippen molar-refractivity contribution in [1.82, 2.24) is 21.3 Å². The summed E-state index contributed by atoms with van der Waals surface area (Å²) in [6, 6.07) is 8.58. The van der Waals surface area contributed by atoms with Gasteiger partial charge < -0.3 is 26.4 Å². The molecule has 7 nitrogen and oxygen atoms in total. The van der Waals surface area contributed by atoms with Gasteiger partial charge in [0.2, 0.25) is 5.91 Å². The first-order chi connectivity index (χ1) is 12.0. The maximum Gasteiger partial charge on any atom is 0.315 e. The van der Waals surface area contributed by atoms with Gasteiger partial charge in [-0.25, -0.2) is 4.79 Å². The van der Waals surface area contributed by atoms with E-state index in [0.29, 0.717) is 26.2 Å². The predicted molar refractivity (Wildman–Crippen MR) is 95.8 cm³/mol. The molecule has 138 valence electrons. The van der Waals surface area contributed by atoms with Crippen LogP contribution in [0.2, 0.25) is 0 Å². The highest BCUT2D eigenvalue weighted by Crippen LogP contribution is 2.08. The Morgan fingerprint density at radius 3 is 2.52 bits per heavy atom. The number of aliphatic hydroxyl groups excluding tert-OH is 1. The average Bonchev–Trinajstić information content (AvgIpc) is 3.01. The molecular weight excluding hydrogens is 320 g/mol. The fraction of sp³-hybridized carbons (Fsp3) is 0.556. The third-order valence-corrected chi connectivity index (χ3v) is 4.37. The molecule has 0 aliphatic carbocycles. The fourth-order valence-electron chi connectivity index (χ4n) is 2.77. The van der Waals surface area contributed by atoms with Crippen molar-refractivity contribution in [3.05, 3.63) is 35.9 Å². The highest BCUT2D eigenvalue weighted by atomic mass is 16.3. The van der Waals surface area contributed by atoms with Gasteiger partial charge in [0.25, 0.3) is 0 Å². The summed E-state index contributed by atoms with van der Waals surface area (Å²) in [6.07, 6.45) is -0.445. The number of carbonyl (C=O) groups excluding carboxylic acids is 2. The summed E-state index contributed by atoms with van der Waals surface area (Å²) in [6.45, 7) is 5.79. The fourth-order valence-corrected chi connectivity index (χ4v) is 2.77. The number of hydrogen-bond donors (Lipinski definition) is 5. The van der Waals surface area contributed by atoms with Gasteiger partial charge in [0.15, 0.2) is 0 Å². The lowest BCUT2D eigenvalue weighted by atomic mass is 10.0. The van der Waals surface area contributed by atoms with Crippen molar-refractivity contribution < 1.29 is 14.7 Å². The Kier molecular flexibility index (Phi) is 7.21. The van der Waals surface area contributed by atoms with E-state index in [1.54, 1.807) is 0 Å². The van der Waals surface area contributed by atoms with Gasteiger partial charge >= 0.3 is 6.03 Å². The van der Waals surface area contributed by atoms with Gasteiger partial charge in [-0.15, -0.1) is 0 Å². The van der Waals surface area contributed by atoms with E-state index in [1.165, 1.54) is 0 Å². The molecule has 1 aliphatic rings. The lowest BCUT2D eigenvalue weighted by molar-refractivity contribution is -0.124. The van der Waals surface area contributed by atoms with Crippen molar-refractivity contribution in [2.45, 2.75) is 32.5 Å². The second-order valence-corrected chi connectivity index (χ2v) is 6.77. The highest BCUT2D eigenvalue weighted by Gasteiger charge is 2.28. The lowest BCUT2D eigenvalue weighted by Crippen LogP contribution is -2.53. The minimum Gasteiger partial charge on any atom is -0.391 e. The van der Waals surface area contributed by atoms with Gasteiger partial charge in [-0.1, -0.05) is 44.2 Å². The van der Waals surface area contributed by atoms with E-state index in [-0.39, 0.29) is 23.8 Å². The number of carbonyl (C=O) groups is 2. The van der Waals surface area contributed by atoms with Crippen molar-refractivity contribution in [2.24, 2.45) is 11.8 Å². The first-order valence-electron chi connectivity index (χ1n) is 8.72. The molecule has 7 heteroatoms. The number of benzene rings is 1. The van der Waals surface area contributed by atoms with Crippen LogP contribution in [0.25, 0.3) is 0 Å². The van der Waals surface area contributed by atoms with Crippen LogP contribution in [0.3, 0.4) is 0 Å². The first kappa shape index (κ1) is 19.2. The SMILES string of the molecule is CC(C)C(NC(=O)NCc1ccccc1)C(=O)NCC1CNCC1O. The van der Waals surface area contributed by atoms with E-state index in [1.807, 2.05) is 44.2 Å². The smallest absolute Gasteiger partial charge is 0.315 e. The standard InChI is InChI=1S/C18H28N4O3/c1-12(2)16(17(24)20-10-14-9-19-11-15(14)23)22-18(25)21-8-13-6-4-3-5-7-13/h3-7,12,14-16,19,23H,8-11H2,1-2H3,(H,20,24)(H2,21,22,25). The predicted octanol–water partition coefficient (Wildman–Crippen LogP) is 0.207. The normalized spacial score (nSPS) is 21.0. The molecule has 1 aromatic rings. The second kappa shape index (κ2) is 9.39. The van der Waals surface area contributed by atoms with Gasteiger partial charge in [-0.3, -0.25) is 4.79 Å². The summed E-state index contributed by atoms with van der Waals surface area (Å²) in [5.41, 5.74) is 0.992. The summed E-state index contributed by atoms with van der Waals surface area (Å²) in [5, 5.41) is 21.2. The Hall–Kier alpha value is -2.12. The number of aliphatic hydroxyl groups is 1. The van der Waals surface area contributed by atoms with Gasteiger partial charge in [0.1, 0.15) is 6.04 Å². The third kappa shape index (κ3) is 6.03. The largest absolute Gasteiger partial charge is 0.391 e. The molecule has 0 saturated carbocycles. The number of β-amino-alcohol motifs (C(OH)–C–C–N with tert-alkyl or cyclic N) is 1. The molecule has 0 radical (unpaired) electrons. The molecule has 1 heterocycles. The van der Waals surface area contributed by atoms with Crippen LogP contribution in [-0.2, 0) is 11.3 Å². The van der Waals surface area contributed by atoms with Crippen LogP contribution >= 0.6 is 0 Å². The molecule has 0 aromatic heterocycles. The van der Waals surface area contributed by atoms with Crippen molar-refractivity contribution >= 4 is 11.9 Å². The Morgan fingerprint density at radius 2 is 1.92 bits per heavy atom. The molecule has 0 bridgehead atoms. The third-order valence-electron chi connectivity index (χ3n) is 4.37. The second-order valence-electron chi connectivity index (χ2n) is 6.77. The number of hydrogen-bond acceptors (Lipinski definition) is 4. The van der Waals surface area contributed by atoms with Crippen LogP contribution in [-0.4, -0.2) is 48.8 Å². The number of nitrogens with one attached hydrogen (secondary N) is 4. The summed E-state index contributed by atoms with van der Waals surface area (Å²) in [7, 11) is 0. The molecule has 1 saturated heterocycles. The lowest BCUT2D eigenvalue weighted by Gasteiger charge is -2.23. The summed E-state index contributed by atoms with van der Waals surface area (Å²) in [5.74, 6) is -0.276. The highest BCUT2D eigenvalue weighted by molar-refractivity contribution is 5.87. The van der Waals surface area contributed by atoms with E-state index in [2.05, 4.69) is 21.3 Å². The van der Waals surface area contributed by atoms with E-state index in [4.69, 9.17) is 0 Å². The van der Waals surface area contributed by atoms with Crippen LogP contribution in [0, 0.1) is 11.8 Å². The monoisotopic (exact) mass is 348 g/mol. The van der Waals surface area contributed by atoms with Gasteiger partial charge in [-0.2, -0.15) is 0 Å². The Labute approximate surface area is 148 Å². The summed E-state index contributed by atoms with van der Waals surface area (Å²) >= 11 is 0. The first-order valence-corrected chi connectivity index (χ1v) is 8.72. The topological polar surface area (TPSA) is 102 Å². The summed E-state index contributed by atoms with van der Waals surface area (Å²) in [4.78, 5) is 24.5. The van der Waals surface area contributed by atoms with E-state index >= 15 is 0 Å². The molecule has 3 atom stereocenters. The van der Waals surface area contributed by atoms with Crippen LogP contribution < -0.4 is 21.3 Å². The number of amides is 3. The molecule has 1 aromatic carbocycles. The summed E-state index contributed by atoms with van der Waals surface area (Å²) < 4.78 is 0. The zero-order valence-corrected chi connectivity index (χ0v) is 14.8. The average molecular weight is 348 g/mol. The molecule has 5 N–H and O–H groups in total. The molecule has 0 spiro atoms. The van der Waals surface area contributed by atoms with Crippen molar-refractivity contribution in [1.29, 1.82) is 0 Å². The van der Waals surface area contributed by atoms with Crippen LogP contribution in [0.1, 0.15) is 19.4 Å². The molecule has 25 heavy (non-hydrogen) atoms. The number of rotatable bonds is 7. The van der Waals surface area contributed by atoms with Gasteiger partial charge in [-0.05, 0) is 11.5 Å². The van der Waals surface area contributed by atoms with E-state index in [9.17, 15) is 14.7 Å². The van der Waals surface area contributed by atoms with Crippen LogP contribution in [0.15, 0.2) is 30.3 Å². The minimum atomic E-state index is -0.623. The quantitative estimate of drug-likeness (QED) is 0.486. The molecule has 1 aliphatic heterocycles. The Bertz CT molecular complexity index is 565. The van der Waals surface area contributed by atoms with E-state index in [0.717, 1.165) is 5.56 Å². The molecule has 1 fully saturated rings. The maximum atomic E-state index is 12.4. The van der Waals surface area contributed by atoms with Crippen molar-refractivity contribution in [3.63, 3.8) is 0 Å². The van der Waals surface area contributed by atoms with Crippen molar-refractivity contribution in [2.75, 3.05) is 19.6 Å². The van der Waals surface area contributed by atoms with Crippen molar-refractivity contribution in [3.8, 4) is 0 Å². The number of urea groups is 1. The minimum absolute atomic E-state index is 0.00340. The zero-order valence-electron chi connectivity index (χ0n) is 14.8. The maximum absolute atomic E-state index is 12.4. The zero-order chi connectivity index (χ0) is 18.2. The van der Waals surface area contributed by atoms with Gasteiger partial charge in [0.05, 0.1) is 6.10 Å². The molecular formula is C18H28N4O3. The molecule has 2 rings (SSSR count).